The second-order valence-electron chi connectivity index (χ2n) is 4.29. The molecule has 92 valence electrons. The summed E-state index contributed by atoms with van der Waals surface area (Å²) in [6.07, 6.45) is 1.45. The molecule has 1 aromatic carbocycles. The summed E-state index contributed by atoms with van der Waals surface area (Å²) in [5.41, 5.74) is 7.22. The van der Waals surface area contributed by atoms with Crippen molar-refractivity contribution in [3.8, 4) is 0 Å². The van der Waals surface area contributed by atoms with E-state index in [9.17, 15) is 8.42 Å². The van der Waals surface area contributed by atoms with Gasteiger partial charge in [-0.2, -0.15) is 0 Å². The summed E-state index contributed by atoms with van der Waals surface area (Å²) in [6, 6.07) is 5.05. The van der Waals surface area contributed by atoms with Crippen molar-refractivity contribution in [2.24, 2.45) is 5.73 Å². The Morgan fingerprint density at radius 2 is 2.12 bits per heavy atom. The largest absolute Gasteiger partial charge is 0.384 e. The molecule has 1 aromatic rings. The zero-order chi connectivity index (χ0) is 12.6. The van der Waals surface area contributed by atoms with Crippen LogP contribution in [0.4, 0.5) is 5.69 Å². The summed E-state index contributed by atoms with van der Waals surface area (Å²) >= 11 is 0. The first kappa shape index (κ1) is 11.9. The lowest BCUT2D eigenvalue weighted by molar-refractivity contribution is 0.600. The van der Waals surface area contributed by atoms with E-state index in [4.69, 9.17) is 11.1 Å². The van der Waals surface area contributed by atoms with Gasteiger partial charge < -0.3 is 5.73 Å². The fourth-order valence-electron chi connectivity index (χ4n) is 1.51. The SMILES string of the molecule is Cc1ccc(C(=N)N)cc1NS(=O)(=O)C1CC1. The molecule has 0 saturated heterocycles. The van der Waals surface area contributed by atoms with Gasteiger partial charge in [0.05, 0.1) is 10.9 Å². The minimum absolute atomic E-state index is 0.0723. The van der Waals surface area contributed by atoms with Gasteiger partial charge in [0.25, 0.3) is 0 Å². The molecule has 0 aromatic heterocycles. The molecule has 0 atom stereocenters. The number of benzene rings is 1. The van der Waals surface area contributed by atoms with Crippen LogP contribution in [0.2, 0.25) is 0 Å². The van der Waals surface area contributed by atoms with Gasteiger partial charge in [0.1, 0.15) is 5.84 Å². The van der Waals surface area contributed by atoms with Gasteiger partial charge in [-0.15, -0.1) is 0 Å². The summed E-state index contributed by atoms with van der Waals surface area (Å²) in [5.74, 6) is -0.0723. The highest BCUT2D eigenvalue weighted by atomic mass is 32.2. The van der Waals surface area contributed by atoms with E-state index in [1.54, 1.807) is 18.2 Å². The van der Waals surface area contributed by atoms with Crippen LogP contribution in [0.25, 0.3) is 0 Å². The summed E-state index contributed by atoms with van der Waals surface area (Å²) in [5, 5.41) is 7.07. The minimum Gasteiger partial charge on any atom is -0.384 e. The zero-order valence-corrected chi connectivity index (χ0v) is 10.3. The summed E-state index contributed by atoms with van der Waals surface area (Å²) in [4.78, 5) is 0. The lowest BCUT2D eigenvalue weighted by Crippen LogP contribution is -2.19. The number of hydrogen-bond donors (Lipinski definition) is 3. The van der Waals surface area contributed by atoms with Gasteiger partial charge in [-0.1, -0.05) is 12.1 Å². The predicted octanol–water partition coefficient (Wildman–Crippen LogP) is 1.18. The molecule has 1 saturated carbocycles. The Morgan fingerprint density at radius 3 is 2.65 bits per heavy atom. The maximum absolute atomic E-state index is 11.8. The number of aryl methyl sites for hydroxylation is 1. The van der Waals surface area contributed by atoms with Crippen molar-refractivity contribution in [2.45, 2.75) is 25.0 Å². The highest BCUT2D eigenvalue weighted by Crippen LogP contribution is 2.30. The first-order valence-electron chi connectivity index (χ1n) is 5.37. The lowest BCUT2D eigenvalue weighted by atomic mass is 10.1. The molecule has 5 nitrogen and oxygen atoms in total. The third kappa shape index (κ3) is 2.58. The Hall–Kier alpha value is -1.56. The van der Waals surface area contributed by atoms with E-state index in [1.165, 1.54) is 0 Å². The molecule has 0 spiro atoms. The molecule has 1 fully saturated rings. The Bertz CT molecular complexity index is 562. The van der Waals surface area contributed by atoms with E-state index in [2.05, 4.69) is 4.72 Å². The molecule has 0 unspecified atom stereocenters. The van der Waals surface area contributed by atoms with Crippen molar-refractivity contribution >= 4 is 21.5 Å². The van der Waals surface area contributed by atoms with Crippen molar-refractivity contribution in [1.29, 1.82) is 5.41 Å². The Balaban J connectivity index is 2.31. The summed E-state index contributed by atoms with van der Waals surface area (Å²) < 4.78 is 26.2. The predicted molar refractivity (Wildman–Crippen MR) is 67.8 cm³/mol. The smallest absolute Gasteiger partial charge is 0.235 e. The number of hydrogen-bond acceptors (Lipinski definition) is 3. The van der Waals surface area contributed by atoms with Crippen LogP contribution in [-0.2, 0) is 10.0 Å². The number of nitrogens with two attached hydrogens (primary N) is 1. The third-order valence-electron chi connectivity index (χ3n) is 2.76. The van der Waals surface area contributed by atoms with Gasteiger partial charge in [0.2, 0.25) is 10.0 Å². The second kappa shape index (κ2) is 4.03. The van der Waals surface area contributed by atoms with Crippen LogP contribution >= 0.6 is 0 Å². The van der Waals surface area contributed by atoms with Gasteiger partial charge in [-0.25, -0.2) is 8.42 Å². The number of sulfonamides is 1. The maximum Gasteiger partial charge on any atom is 0.235 e. The van der Waals surface area contributed by atoms with Gasteiger partial charge in [-0.05, 0) is 31.4 Å². The normalized spacial score (nSPS) is 15.6. The van der Waals surface area contributed by atoms with E-state index >= 15 is 0 Å². The Labute approximate surface area is 101 Å². The lowest BCUT2D eigenvalue weighted by Gasteiger charge is -2.11. The van der Waals surface area contributed by atoms with Gasteiger partial charge >= 0.3 is 0 Å². The van der Waals surface area contributed by atoms with Crippen molar-refractivity contribution in [3.63, 3.8) is 0 Å². The van der Waals surface area contributed by atoms with E-state index in [0.717, 1.165) is 18.4 Å². The van der Waals surface area contributed by atoms with Crippen molar-refractivity contribution in [2.75, 3.05) is 4.72 Å². The molecule has 0 bridgehead atoms. The van der Waals surface area contributed by atoms with Crippen LogP contribution < -0.4 is 10.5 Å². The Morgan fingerprint density at radius 1 is 1.47 bits per heavy atom. The minimum atomic E-state index is -3.27. The zero-order valence-electron chi connectivity index (χ0n) is 9.53. The topological polar surface area (TPSA) is 96.0 Å². The van der Waals surface area contributed by atoms with Crippen LogP contribution in [0.15, 0.2) is 18.2 Å². The van der Waals surface area contributed by atoms with Crippen molar-refractivity contribution in [1.82, 2.24) is 0 Å². The number of rotatable bonds is 4. The van der Waals surface area contributed by atoms with Gasteiger partial charge in [-0.3, -0.25) is 10.1 Å². The molecule has 0 amide bonds. The van der Waals surface area contributed by atoms with Crippen LogP contribution in [0.1, 0.15) is 24.0 Å². The quantitative estimate of drug-likeness (QED) is 0.555. The number of amidine groups is 1. The molecule has 0 heterocycles. The second-order valence-corrected chi connectivity index (χ2v) is 6.25. The number of anilines is 1. The number of nitrogens with one attached hydrogen (secondary N) is 2. The van der Waals surface area contributed by atoms with E-state index in [1.807, 2.05) is 6.92 Å². The molecular weight excluding hydrogens is 238 g/mol. The molecule has 6 heteroatoms. The third-order valence-corrected chi connectivity index (χ3v) is 4.62. The molecule has 1 aliphatic rings. The molecule has 1 aliphatic carbocycles. The fourth-order valence-corrected chi connectivity index (χ4v) is 2.96. The van der Waals surface area contributed by atoms with Crippen LogP contribution in [0.5, 0.6) is 0 Å². The average Bonchev–Trinajstić information content (AvgIpc) is 3.04. The fraction of sp³-hybridized carbons (Fsp3) is 0.364. The molecular formula is C11H15N3O2S. The summed E-state index contributed by atoms with van der Waals surface area (Å²) in [7, 11) is -3.27. The first-order valence-corrected chi connectivity index (χ1v) is 6.91. The van der Waals surface area contributed by atoms with E-state index in [-0.39, 0.29) is 11.1 Å². The first-order chi connectivity index (χ1) is 7.90. The molecule has 17 heavy (non-hydrogen) atoms. The average molecular weight is 253 g/mol. The van der Waals surface area contributed by atoms with Gasteiger partial charge in [0, 0.05) is 5.56 Å². The monoisotopic (exact) mass is 253 g/mol. The van der Waals surface area contributed by atoms with Crippen LogP contribution in [0.3, 0.4) is 0 Å². The van der Waals surface area contributed by atoms with E-state index in [0.29, 0.717) is 11.3 Å². The standard InChI is InChI=1S/C11H15N3O2S/c1-7-2-3-8(11(12)13)6-10(7)14-17(15,16)9-4-5-9/h2-3,6,9,14H,4-5H2,1H3,(H3,12,13). The van der Waals surface area contributed by atoms with Crippen LogP contribution in [-0.4, -0.2) is 19.5 Å². The van der Waals surface area contributed by atoms with E-state index < -0.39 is 10.0 Å². The molecule has 0 radical (unpaired) electrons. The molecule has 0 aliphatic heterocycles. The molecule has 2 rings (SSSR count). The van der Waals surface area contributed by atoms with Crippen LogP contribution in [0, 0.1) is 12.3 Å². The van der Waals surface area contributed by atoms with Crippen molar-refractivity contribution < 1.29 is 8.42 Å². The maximum atomic E-state index is 11.8. The highest BCUT2D eigenvalue weighted by molar-refractivity contribution is 7.93. The Kier molecular flexibility index (Phi) is 2.82. The molecule has 4 N–H and O–H groups in total. The van der Waals surface area contributed by atoms with Gasteiger partial charge in [0.15, 0.2) is 0 Å². The highest BCUT2D eigenvalue weighted by Gasteiger charge is 2.35. The van der Waals surface area contributed by atoms with Crippen molar-refractivity contribution in [3.05, 3.63) is 29.3 Å². The number of nitrogen functional groups attached to an aromatic ring is 1. The summed E-state index contributed by atoms with van der Waals surface area (Å²) in [6.45, 7) is 1.81.